The van der Waals surface area contributed by atoms with Crippen molar-refractivity contribution in [3.63, 3.8) is 0 Å². The smallest absolute Gasteiger partial charge is 0.222 e. The number of likely N-dealkylation sites (tertiary alicyclic amines) is 1. The molecule has 2 fully saturated rings. The van der Waals surface area contributed by atoms with Crippen molar-refractivity contribution in [3.8, 4) is 0 Å². The fraction of sp³-hybridized carbons (Fsp3) is 0.619. The number of piperidine rings is 1. The second-order valence-electron chi connectivity index (χ2n) is 8.06. The monoisotopic (exact) mass is 400 g/mol. The normalized spacial score (nSPS) is 24.4. The third-order valence-corrected chi connectivity index (χ3v) is 7.21. The van der Waals surface area contributed by atoms with Crippen LogP contribution < -0.4 is 5.32 Å². The molecule has 7 heteroatoms. The summed E-state index contributed by atoms with van der Waals surface area (Å²) in [6.07, 6.45) is 9.68. The maximum atomic E-state index is 6.31. The van der Waals surface area contributed by atoms with Crippen LogP contribution in [-0.2, 0) is 28.0 Å². The van der Waals surface area contributed by atoms with E-state index in [-0.39, 0.29) is 5.60 Å². The van der Waals surface area contributed by atoms with Crippen LogP contribution in [0.5, 0.6) is 0 Å². The molecule has 1 spiro atoms. The molecule has 0 bridgehead atoms. The molecule has 6 nitrogen and oxygen atoms in total. The Bertz CT molecular complexity index is 780. The number of rotatable bonds is 5. The first-order valence-corrected chi connectivity index (χ1v) is 11.3. The van der Waals surface area contributed by atoms with Crippen LogP contribution in [0.15, 0.2) is 23.8 Å². The minimum atomic E-state index is -0.0450. The summed E-state index contributed by atoms with van der Waals surface area (Å²) in [4.78, 5) is 13.0. The van der Waals surface area contributed by atoms with E-state index in [1.54, 1.807) is 0 Å². The Hall–Kier alpha value is -1.54. The Morgan fingerprint density at radius 2 is 2.07 bits per heavy atom. The van der Waals surface area contributed by atoms with Crippen LogP contribution in [0.1, 0.15) is 41.7 Å². The van der Waals surface area contributed by atoms with Crippen LogP contribution in [-0.4, -0.2) is 53.8 Å². The molecule has 0 aliphatic carbocycles. The predicted molar refractivity (Wildman–Crippen MR) is 110 cm³/mol. The Balaban J connectivity index is 1.14. The first-order valence-electron chi connectivity index (χ1n) is 10.4. The van der Waals surface area contributed by atoms with E-state index in [0.29, 0.717) is 12.1 Å². The second kappa shape index (κ2) is 8.06. The van der Waals surface area contributed by atoms with Gasteiger partial charge in [0.15, 0.2) is 0 Å². The third kappa shape index (κ3) is 3.81. The number of aromatic nitrogens is 2. The molecule has 0 aromatic carbocycles. The molecule has 28 heavy (non-hydrogen) atoms. The van der Waals surface area contributed by atoms with Gasteiger partial charge in [-0.05, 0) is 42.7 Å². The molecule has 2 aromatic rings. The Morgan fingerprint density at radius 3 is 2.86 bits per heavy atom. The van der Waals surface area contributed by atoms with E-state index < -0.39 is 0 Å². The van der Waals surface area contributed by atoms with Crippen molar-refractivity contribution in [2.75, 3.05) is 38.2 Å². The highest BCUT2D eigenvalue weighted by Crippen LogP contribution is 2.43. The highest BCUT2D eigenvalue weighted by molar-refractivity contribution is 7.10. The lowest BCUT2D eigenvalue weighted by atomic mass is 9.82. The number of thiophene rings is 1. The average Bonchev–Trinajstić information content (AvgIpc) is 3.42. The van der Waals surface area contributed by atoms with Crippen molar-refractivity contribution >= 4 is 17.3 Å². The number of fused-ring (bicyclic) bond motifs is 2. The molecule has 1 unspecified atom stereocenters. The molecule has 3 aliphatic rings. The van der Waals surface area contributed by atoms with E-state index in [0.717, 1.165) is 71.5 Å². The molecule has 0 amide bonds. The van der Waals surface area contributed by atoms with Crippen molar-refractivity contribution in [3.05, 3.63) is 39.8 Å². The number of hydrogen-bond acceptors (Lipinski definition) is 7. The topological polar surface area (TPSA) is 59.5 Å². The summed E-state index contributed by atoms with van der Waals surface area (Å²) in [6, 6.07) is 2.28. The maximum absolute atomic E-state index is 6.31. The van der Waals surface area contributed by atoms with Gasteiger partial charge < -0.3 is 14.8 Å². The van der Waals surface area contributed by atoms with Gasteiger partial charge in [0, 0.05) is 62.0 Å². The number of anilines is 1. The Kier molecular flexibility index (Phi) is 5.32. The van der Waals surface area contributed by atoms with Crippen LogP contribution >= 0.6 is 11.3 Å². The zero-order chi connectivity index (χ0) is 18.8. The van der Waals surface area contributed by atoms with Gasteiger partial charge in [-0.3, -0.25) is 4.90 Å². The Labute approximate surface area is 170 Å². The van der Waals surface area contributed by atoms with E-state index in [9.17, 15) is 0 Å². The second-order valence-corrected chi connectivity index (χ2v) is 9.06. The van der Waals surface area contributed by atoms with Crippen LogP contribution in [0.3, 0.4) is 0 Å². The van der Waals surface area contributed by atoms with Gasteiger partial charge >= 0.3 is 0 Å². The summed E-state index contributed by atoms with van der Waals surface area (Å²) in [6.45, 7) is 5.53. The molecule has 2 aromatic heterocycles. The fourth-order valence-electron chi connectivity index (χ4n) is 4.64. The molecule has 0 radical (unpaired) electrons. The Morgan fingerprint density at radius 1 is 1.21 bits per heavy atom. The van der Waals surface area contributed by atoms with E-state index >= 15 is 0 Å². The number of hydrogen-bond donors (Lipinski definition) is 1. The van der Waals surface area contributed by atoms with Crippen molar-refractivity contribution in [2.24, 2.45) is 0 Å². The summed E-state index contributed by atoms with van der Waals surface area (Å²) < 4.78 is 11.9. The summed E-state index contributed by atoms with van der Waals surface area (Å²) in [7, 11) is 0. The SMILES string of the molecule is c1cc2c(s1)CCOC21CCN(Cc2cnc(NCC3CCCO3)nc2)CC1. The van der Waals surface area contributed by atoms with Crippen molar-refractivity contribution in [1.29, 1.82) is 0 Å². The van der Waals surface area contributed by atoms with Gasteiger partial charge in [0.2, 0.25) is 5.95 Å². The van der Waals surface area contributed by atoms with Gasteiger partial charge in [0.25, 0.3) is 0 Å². The summed E-state index contributed by atoms with van der Waals surface area (Å²) in [5.41, 5.74) is 2.57. The maximum Gasteiger partial charge on any atom is 0.222 e. The summed E-state index contributed by atoms with van der Waals surface area (Å²) in [5.74, 6) is 0.692. The lowest BCUT2D eigenvalue weighted by Gasteiger charge is -2.44. The lowest BCUT2D eigenvalue weighted by molar-refractivity contribution is -0.0980. The minimum absolute atomic E-state index is 0.0450. The van der Waals surface area contributed by atoms with Crippen LogP contribution in [0.2, 0.25) is 0 Å². The van der Waals surface area contributed by atoms with Gasteiger partial charge in [-0.2, -0.15) is 0 Å². The van der Waals surface area contributed by atoms with Crippen molar-refractivity contribution in [1.82, 2.24) is 14.9 Å². The fourth-order valence-corrected chi connectivity index (χ4v) is 5.59. The molecule has 5 heterocycles. The molecule has 1 N–H and O–H groups in total. The van der Waals surface area contributed by atoms with Crippen LogP contribution in [0, 0.1) is 0 Å². The molecular weight excluding hydrogens is 372 g/mol. The number of ether oxygens (including phenoxy) is 2. The van der Waals surface area contributed by atoms with Gasteiger partial charge in [-0.25, -0.2) is 9.97 Å². The largest absolute Gasteiger partial charge is 0.376 e. The molecular formula is C21H28N4O2S. The van der Waals surface area contributed by atoms with Crippen LogP contribution in [0.25, 0.3) is 0 Å². The van der Waals surface area contributed by atoms with Crippen molar-refractivity contribution < 1.29 is 9.47 Å². The zero-order valence-electron chi connectivity index (χ0n) is 16.2. The molecule has 1 atom stereocenters. The van der Waals surface area contributed by atoms with E-state index in [4.69, 9.17) is 9.47 Å². The molecule has 2 saturated heterocycles. The summed E-state index contributed by atoms with van der Waals surface area (Å²) >= 11 is 1.89. The van der Waals surface area contributed by atoms with Crippen LogP contribution in [0.4, 0.5) is 5.95 Å². The zero-order valence-corrected chi connectivity index (χ0v) is 17.0. The minimum Gasteiger partial charge on any atom is -0.376 e. The molecule has 3 aliphatic heterocycles. The highest BCUT2D eigenvalue weighted by atomic mass is 32.1. The number of nitrogens with one attached hydrogen (secondary N) is 1. The molecule has 150 valence electrons. The molecule has 0 saturated carbocycles. The van der Waals surface area contributed by atoms with Gasteiger partial charge in [-0.1, -0.05) is 0 Å². The average molecular weight is 401 g/mol. The van der Waals surface area contributed by atoms with E-state index in [1.165, 1.54) is 16.0 Å². The van der Waals surface area contributed by atoms with E-state index in [2.05, 4.69) is 31.6 Å². The third-order valence-electron chi connectivity index (χ3n) is 6.23. The standard InChI is InChI=1S/C21H28N4O2S/c1-2-17(26-9-1)14-24-20-22-12-16(13-23-20)15-25-7-5-21(6-8-25)18-4-11-28-19(18)3-10-27-21/h4,11-13,17H,1-3,5-10,14-15H2,(H,22,23,24). The van der Waals surface area contributed by atoms with Gasteiger partial charge in [-0.15, -0.1) is 11.3 Å². The van der Waals surface area contributed by atoms with Crippen molar-refractivity contribution in [2.45, 2.75) is 50.4 Å². The lowest BCUT2D eigenvalue weighted by Crippen LogP contribution is -2.45. The summed E-state index contributed by atoms with van der Waals surface area (Å²) in [5, 5.41) is 5.51. The van der Waals surface area contributed by atoms with Gasteiger partial charge in [0.1, 0.15) is 0 Å². The first-order chi connectivity index (χ1) is 13.8. The van der Waals surface area contributed by atoms with E-state index in [1.807, 2.05) is 23.7 Å². The highest BCUT2D eigenvalue weighted by Gasteiger charge is 2.41. The molecule has 5 rings (SSSR count). The quantitative estimate of drug-likeness (QED) is 0.832. The first kappa shape index (κ1) is 18.5. The van der Waals surface area contributed by atoms with Gasteiger partial charge in [0.05, 0.1) is 18.3 Å². The number of nitrogens with zero attached hydrogens (tertiary/aromatic N) is 3. The predicted octanol–water partition coefficient (Wildman–Crippen LogP) is 3.19.